The quantitative estimate of drug-likeness (QED) is 0.868. The van der Waals surface area contributed by atoms with Crippen molar-refractivity contribution in [3.63, 3.8) is 0 Å². The maximum atomic E-state index is 5.93. The summed E-state index contributed by atoms with van der Waals surface area (Å²) in [6.45, 7) is 1.73. The Morgan fingerprint density at radius 2 is 1.83 bits per heavy atom. The number of para-hydroxylation sites is 1. The lowest BCUT2D eigenvalue weighted by molar-refractivity contribution is 0.154. The van der Waals surface area contributed by atoms with Gasteiger partial charge in [0, 0.05) is 18.6 Å². The fourth-order valence-electron chi connectivity index (χ4n) is 2.55. The number of nitrogens with zero attached hydrogens (tertiary/aromatic N) is 1. The highest BCUT2D eigenvalue weighted by Crippen LogP contribution is 2.20. The van der Waals surface area contributed by atoms with Gasteiger partial charge in [-0.2, -0.15) is 0 Å². The van der Waals surface area contributed by atoms with Crippen LogP contribution in [-0.4, -0.2) is 37.2 Å². The van der Waals surface area contributed by atoms with E-state index in [1.807, 2.05) is 30.3 Å². The summed E-state index contributed by atoms with van der Waals surface area (Å²) >= 11 is 0. The molecule has 0 amide bonds. The SMILES string of the molecule is CN(CCOc1ccccc1)C1CCC(N)CC1. The summed E-state index contributed by atoms with van der Waals surface area (Å²) in [5, 5.41) is 0. The first-order valence-electron chi connectivity index (χ1n) is 6.89. The van der Waals surface area contributed by atoms with Crippen LogP contribution < -0.4 is 10.5 Å². The van der Waals surface area contributed by atoms with Crippen LogP contribution in [0.1, 0.15) is 25.7 Å². The minimum atomic E-state index is 0.426. The van der Waals surface area contributed by atoms with E-state index in [2.05, 4.69) is 11.9 Å². The van der Waals surface area contributed by atoms with Crippen molar-refractivity contribution in [1.29, 1.82) is 0 Å². The van der Waals surface area contributed by atoms with Gasteiger partial charge in [0.1, 0.15) is 12.4 Å². The van der Waals surface area contributed by atoms with Crippen molar-refractivity contribution in [2.24, 2.45) is 5.73 Å². The highest BCUT2D eigenvalue weighted by Gasteiger charge is 2.21. The summed E-state index contributed by atoms with van der Waals surface area (Å²) in [4.78, 5) is 2.41. The number of ether oxygens (including phenoxy) is 1. The van der Waals surface area contributed by atoms with Crippen molar-refractivity contribution >= 4 is 0 Å². The number of benzene rings is 1. The topological polar surface area (TPSA) is 38.5 Å². The molecule has 2 rings (SSSR count). The lowest BCUT2D eigenvalue weighted by Gasteiger charge is -2.33. The Morgan fingerprint density at radius 1 is 1.17 bits per heavy atom. The molecule has 1 saturated carbocycles. The Balaban J connectivity index is 1.67. The van der Waals surface area contributed by atoms with E-state index in [-0.39, 0.29) is 0 Å². The van der Waals surface area contributed by atoms with E-state index in [4.69, 9.17) is 10.5 Å². The number of nitrogens with two attached hydrogens (primary N) is 1. The Labute approximate surface area is 110 Å². The first-order valence-corrected chi connectivity index (χ1v) is 6.89. The van der Waals surface area contributed by atoms with E-state index in [1.54, 1.807) is 0 Å². The van der Waals surface area contributed by atoms with Gasteiger partial charge in [-0.15, -0.1) is 0 Å². The molecular weight excluding hydrogens is 224 g/mol. The smallest absolute Gasteiger partial charge is 0.119 e. The molecule has 0 spiro atoms. The zero-order valence-corrected chi connectivity index (χ0v) is 11.2. The predicted molar refractivity (Wildman–Crippen MR) is 74.8 cm³/mol. The summed E-state index contributed by atoms with van der Waals surface area (Å²) in [6.07, 6.45) is 4.77. The fraction of sp³-hybridized carbons (Fsp3) is 0.600. The molecule has 1 aromatic carbocycles. The molecular formula is C15H24N2O. The van der Waals surface area contributed by atoms with Gasteiger partial charge in [0.25, 0.3) is 0 Å². The van der Waals surface area contributed by atoms with Crippen molar-refractivity contribution in [3.05, 3.63) is 30.3 Å². The molecule has 3 nitrogen and oxygen atoms in total. The van der Waals surface area contributed by atoms with Gasteiger partial charge in [-0.3, -0.25) is 0 Å². The standard InChI is InChI=1S/C15H24N2O/c1-17(14-9-7-13(16)8-10-14)11-12-18-15-5-3-2-4-6-15/h2-6,13-14H,7-12,16H2,1H3. The minimum Gasteiger partial charge on any atom is -0.492 e. The Hall–Kier alpha value is -1.06. The van der Waals surface area contributed by atoms with Crippen LogP contribution >= 0.6 is 0 Å². The molecule has 3 heteroatoms. The third kappa shape index (κ3) is 4.00. The highest BCUT2D eigenvalue weighted by atomic mass is 16.5. The monoisotopic (exact) mass is 248 g/mol. The molecule has 1 aromatic rings. The van der Waals surface area contributed by atoms with Crippen molar-refractivity contribution < 1.29 is 4.74 Å². The van der Waals surface area contributed by atoms with Crippen molar-refractivity contribution in [2.45, 2.75) is 37.8 Å². The zero-order chi connectivity index (χ0) is 12.8. The molecule has 0 aliphatic heterocycles. The molecule has 2 N–H and O–H groups in total. The van der Waals surface area contributed by atoms with Crippen LogP contribution in [0.5, 0.6) is 5.75 Å². The average molecular weight is 248 g/mol. The van der Waals surface area contributed by atoms with Gasteiger partial charge in [-0.1, -0.05) is 18.2 Å². The van der Waals surface area contributed by atoms with E-state index in [0.717, 1.165) is 31.7 Å². The maximum absolute atomic E-state index is 5.93. The van der Waals surface area contributed by atoms with Crippen molar-refractivity contribution in [3.8, 4) is 5.75 Å². The molecule has 18 heavy (non-hydrogen) atoms. The number of hydrogen-bond acceptors (Lipinski definition) is 3. The van der Waals surface area contributed by atoms with Crippen LogP contribution in [0.3, 0.4) is 0 Å². The lowest BCUT2D eigenvalue weighted by Crippen LogP contribution is -2.40. The zero-order valence-electron chi connectivity index (χ0n) is 11.2. The van der Waals surface area contributed by atoms with Crippen LogP contribution in [0.4, 0.5) is 0 Å². The molecule has 0 bridgehead atoms. The van der Waals surface area contributed by atoms with Gasteiger partial charge in [0.15, 0.2) is 0 Å². The molecule has 1 aliphatic rings. The van der Waals surface area contributed by atoms with Gasteiger partial charge in [-0.05, 0) is 44.9 Å². The third-order valence-corrected chi connectivity index (χ3v) is 3.82. The molecule has 0 radical (unpaired) electrons. The normalized spacial score (nSPS) is 24.2. The second-order valence-electron chi connectivity index (χ2n) is 5.21. The van der Waals surface area contributed by atoms with E-state index >= 15 is 0 Å². The van der Waals surface area contributed by atoms with Crippen molar-refractivity contribution in [1.82, 2.24) is 4.90 Å². The Morgan fingerprint density at radius 3 is 2.50 bits per heavy atom. The first-order chi connectivity index (χ1) is 8.75. The van der Waals surface area contributed by atoms with Crippen LogP contribution in [0.25, 0.3) is 0 Å². The van der Waals surface area contributed by atoms with Gasteiger partial charge >= 0.3 is 0 Å². The predicted octanol–water partition coefficient (Wildman–Crippen LogP) is 2.27. The molecule has 0 unspecified atom stereocenters. The summed E-state index contributed by atoms with van der Waals surface area (Å²) in [5.41, 5.74) is 5.93. The molecule has 0 heterocycles. The van der Waals surface area contributed by atoms with Crippen LogP contribution in [0.2, 0.25) is 0 Å². The van der Waals surface area contributed by atoms with E-state index in [9.17, 15) is 0 Å². The van der Waals surface area contributed by atoms with Crippen LogP contribution in [0.15, 0.2) is 30.3 Å². The second-order valence-corrected chi connectivity index (χ2v) is 5.21. The lowest BCUT2D eigenvalue weighted by atomic mass is 9.91. The Kier molecular flexibility index (Phi) is 5.02. The van der Waals surface area contributed by atoms with Crippen LogP contribution in [-0.2, 0) is 0 Å². The van der Waals surface area contributed by atoms with E-state index in [1.165, 1.54) is 12.8 Å². The maximum Gasteiger partial charge on any atom is 0.119 e. The minimum absolute atomic E-state index is 0.426. The first kappa shape index (κ1) is 13.4. The Bertz CT molecular complexity index is 334. The highest BCUT2D eigenvalue weighted by molar-refractivity contribution is 5.20. The molecule has 1 fully saturated rings. The van der Waals surface area contributed by atoms with Crippen molar-refractivity contribution in [2.75, 3.05) is 20.2 Å². The summed E-state index contributed by atoms with van der Waals surface area (Å²) in [5.74, 6) is 0.955. The number of rotatable bonds is 5. The van der Waals surface area contributed by atoms with Gasteiger partial charge in [0.05, 0.1) is 0 Å². The van der Waals surface area contributed by atoms with E-state index in [0.29, 0.717) is 12.1 Å². The molecule has 0 aromatic heterocycles. The fourth-order valence-corrected chi connectivity index (χ4v) is 2.55. The largest absolute Gasteiger partial charge is 0.492 e. The summed E-state index contributed by atoms with van der Waals surface area (Å²) in [7, 11) is 2.19. The van der Waals surface area contributed by atoms with E-state index < -0.39 is 0 Å². The second kappa shape index (κ2) is 6.76. The van der Waals surface area contributed by atoms with Gasteiger partial charge < -0.3 is 15.4 Å². The number of likely N-dealkylation sites (N-methyl/N-ethyl adjacent to an activating group) is 1. The summed E-state index contributed by atoms with van der Waals surface area (Å²) < 4.78 is 5.72. The van der Waals surface area contributed by atoms with Crippen LogP contribution in [0, 0.1) is 0 Å². The van der Waals surface area contributed by atoms with Gasteiger partial charge in [-0.25, -0.2) is 0 Å². The number of hydrogen-bond donors (Lipinski definition) is 1. The third-order valence-electron chi connectivity index (χ3n) is 3.82. The molecule has 0 atom stereocenters. The molecule has 1 aliphatic carbocycles. The summed E-state index contributed by atoms with van der Waals surface area (Å²) in [6, 6.07) is 11.1. The molecule has 0 saturated heterocycles. The average Bonchev–Trinajstić information content (AvgIpc) is 2.40. The van der Waals surface area contributed by atoms with Gasteiger partial charge in [0.2, 0.25) is 0 Å². The molecule has 100 valence electrons.